The van der Waals surface area contributed by atoms with Crippen molar-refractivity contribution in [2.45, 2.75) is 6.42 Å². The third-order valence-corrected chi connectivity index (χ3v) is 3.97. The molecule has 0 saturated carbocycles. The Hall–Kier alpha value is -3.02. The second kappa shape index (κ2) is 6.62. The van der Waals surface area contributed by atoms with E-state index in [-0.39, 0.29) is 11.3 Å². The van der Waals surface area contributed by atoms with E-state index < -0.39 is 11.9 Å². The number of nitrogens with zero attached hydrogens (tertiary/aromatic N) is 1. The molecule has 0 fully saturated rings. The molecule has 0 saturated heterocycles. The van der Waals surface area contributed by atoms with Gasteiger partial charge in [0.1, 0.15) is 5.70 Å². The Balaban J connectivity index is 2.13. The summed E-state index contributed by atoms with van der Waals surface area (Å²) in [6.07, 6.45) is 7.63. The van der Waals surface area contributed by atoms with Gasteiger partial charge in [-0.3, -0.25) is 0 Å². The number of carbonyl (C=O) groups excluding carboxylic acids is 2. The van der Waals surface area contributed by atoms with Crippen LogP contribution in [0.15, 0.2) is 53.9 Å². The summed E-state index contributed by atoms with van der Waals surface area (Å²) < 4.78 is 9.70. The van der Waals surface area contributed by atoms with E-state index in [9.17, 15) is 9.59 Å². The number of allylic oxidation sites excluding steroid dienone is 2. The molecule has 0 atom stereocenters. The molecule has 0 radical (unpaired) electrons. The molecule has 3 rings (SSSR count). The van der Waals surface area contributed by atoms with Crippen LogP contribution in [0.5, 0.6) is 0 Å². The van der Waals surface area contributed by atoms with Crippen LogP contribution in [0.2, 0.25) is 0 Å². The minimum Gasteiger partial charge on any atom is -0.465 e. The highest BCUT2D eigenvalue weighted by molar-refractivity contribution is 6.05. The van der Waals surface area contributed by atoms with Gasteiger partial charge in [0.2, 0.25) is 0 Å². The second-order valence-corrected chi connectivity index (χ2v) is 5.33. The fourth-order valence-corrected chi connectivity index (χ4v) is 2.81. The summed E-state index contributed by atoms with van der Waals surface area (Å²) in [5.74, 6) is -1.20. The molecule has 0 aromatic heterocycles. The highest BCUT2D eigenvalue weighted by Gasteiger charge is 2.27. The van der Waals surface area contributed by atoms with Crippen molar-refractivity contribution >= 4 is 23.3 Å². The van der Waals surface area contributed by atoms with Gasteiger partial charge in [0, 0.05) is 24.1 Å². The van der Waals surface area contributed by atoms with E-state index in [4.69, 9.17) is 9.47 Å². The first-order valence-electron chi connectivity index (χ1n) is 7.57. The van der Waals surface area contributed by atoms with Gasteiger partial charge in [0.05, 0.1) is 19.8 Å². The highest BCUT2D eigenvalue weighted by atomic mass is 16.5. The van der Waals surface area contributed by atoms with Crippen LogP contribution in [-0.2, 0) is 25.5 Å². The number of fused-ring (bicyclic) bond motifs is 1. The predicted molar refractivity (Wildman–Crippen MR) is 90.5 cm³/mol. The quantitative estimate of drug-likeness (QED) is 0.859. The monoisotopic (exact) mass is 326 g/mol. The third-order valence-electron chi connectivity index (χ3n) is 3.97. The third kappa shape index (κ3) is 2.78. The molecule has 2 heterocycles. The minimum atomic E-state index is -0.606. The Morgan fingerprint density at radius 2 is 1.92 bits per heavy atom. The topological polar surface area (TPSA) is 67.9 Å². The van der Waals surface area contributed by atoms with Gasteiger partial charge in [-0.25, -0.2) is 9.59 Å². The normalized spacial score (nSPS) is 15.7. The average Bonchev–Trinajstić information content (AvgIpc) is 2.97. The van der Waals surface area contributed by atoms with Crippen LogP contribution in [0.4, 0.5) is 11.4 Å². The molecule has 124 valence electrons. The van der Waals surface area contributed by atoms with E-state index in [1.807, 2.05) is 18.2 Å². The summed E-state index contributed by atoms with van der Waals surface area (Å²) in [4.78, 5) is 26.1. The van der Waals surface area contributed by atoms with Gasteiger partial charge in [0.25, 0.3) is 0 Å². The zero-order valence-electron chi connectivity index (χ0n) is 13.5. The van der Waals surface area contributed by atoms with Crippen molar-refractivity contribution in [2.24, 2.45) is 0 Å². The number of anilines is 2. The fraction of sp³-hybridized carbons (Fsp3) is 0.222. The van der Waals surface area contributed by atoms with Crippen molar-refractivity contribution in [3.8, 4) is 0 Å². The first-order valence-corrected chi connectivity index (χ1v) is 7.57. The van der Waals surface area contributed by atoms with Crippen LogP contribution in [-0.4, -0.2) is 32.7 Å². The molecule has 1 aromatic rings. The van der Waals surface area contributed by atoms with E-state index in [1.165, 1.54) is 19.8 Å². The van der Waals surface area contributed by atoms with Crippen molar-refractivity contribution in [1.82, 2.24) is 0 Å². The molecule has 6 heteroatoms. The van der Waals surface area contributed by atoms with Crippen LogP contribution >= 0.6 is 0 Å². The molecule has 0 unspecified atom stereocenters. The molecule has 0 spiro atoms. The lowest BCUT2D eigenvalue weighted by Gasteiger charge is -2.23. The van der Waals surface area contributed by atoms with Gasteiger partial charge in [-0.15, -0.1) is 0 Å². The number of esters is 2. The molecule has 0 aliphatic carbocycles. The Labute approximate surface area is 140 Å². The number of carbonyl (C=O) groups is 2. The summed E-state index contributed by atoms with van der Waals surface area (Å²) in [6, 6.07) is 5.87. The van der Waals surface area contributed by atoms with Crippen LogP contribution < -0.4 is 10.2 Å². The van der Waals surface area contributed by atoms with Gasteiger partial charge in [0.15, 0.2) is 0 Å². The van der Waals surface area contributed by atoms with E-state index in [1.54, 1.807) is 29.3 Å². The first-order chi connectivity index (χ1) is 11.7. The highest BCUT2D eigenvalue weighted by Crippen LogP contribution is 2.31. The van der Waals surface area contributed by atoms with E-state index in [0.717, 1.165) is 24.3 Å². The molecule has 6 nitrogen and oxygen atoms in total. The van der Waals surface area contributed by atoms with Gasteiger partial charge < -0.3 is 19.7 Å². The molecule has 2 aliphatic rings. The Morgan fingerprint density at radius 3 is 2.67 bits per heavy atom. The van der Waals surface area contributed by atoms with Crippen molar-refractivity contribution < 1.29 is 19.1 Å². The van der Waals surface area contributed by atoms with E-state index in [0.29, 0.717) is 0 Å². The zero-order valence-corrected chi connectivity index (χ0v) is 13.5. The number of methoxy groups -OCH3 is 2. The molecule has 1 aromatic carbocycles. The fourth-order valence-electron chi connectivity index (χ4n) is 2.81. The van der Waals surface area contributed by atoms with Crippen LogP contribution in [0.25, 0.3) is 0 Å². The lowest BCUT2D eigenvalue weighted by molar-refractivity contribution is -0.139. The maximum atomic E-state index is 12.4. The molecule has 2 aliphatic heterocycles. The Kier molecular flexibility index (Phi) is 4.37. The molecular formula is C18H18N2O4. The van der Waals surface area contributed by atoms with Crippen molar-refractivity contribution in [2.75, 3.05) is 31.0 Å². The summed E-state index contributed by atoms with van der Waals surface area (Å²) in [5, 5.41) is 3.30. The maximum absolute atomic E-state index is 12.4. The van der Waals surface area contributed by atoms with Crippen LogP contribution in [0.1, 0.15) is 5.56 Å². The number of hydrogen-bond acceptors (Lipinski definition) is 6. The van der Waals surface area contributed by atoms with Gasteiger partial charge in [-0.05, 0) is 42.3 Å². The summed E-state index contributed by atoms with van der Waals surface area (Å²) >= 11 is 0. The number of benzene rings is 1. The lowest BCUT2D eigenvalue weighted by Crippen LogP contribution is -2.27. The van der Waals surface area contributed by atoms with Crippen molar-refractivity contribution in [1.29, 1.82) is 0 Å². The van der Waals surface area contributed by atoms with E-state index in [2.05, 4.69) is 5.32 Å². The molecular weight excluding hydrogens is 308 g/mol. The Bertz CT molecular complexity index is 777. The summed E-state index contributed by atoms with van der Waals surface area (Å²) in [5.41, 5.74) is 3.31. The smallest absolute Gasteiger partial charge is 0.355 e. The second-order valence-electron chi connectivity index (χ2n) is 5.33. The standard InChI is InChI=1S/C18H18N2O4/c1-23-17(21)14-5-3-4-10-20(16(14)18(22)24-2)13-6-7-15-12(11-13)8-9-19-15/h3-7,10-11,19H,8-9H2,1-2H3. The minimum absolute atomic E-state index is 0.125. The van der Waals surface area contributed by atoms with Gasteiger partial charge in [-0.2, -0.15) is 0 Å². The first kappa shape index (κ1) is 15.9. The molecule has 0 bridgehead atoms. The van der Waals surface area contributed by atoms with Crippen LogP contribution in [0, 0.1) is 0 Å². The van der Waals surface area contributed by atoms with Crippen molar-refractivity contribution in [3.63, 3.8) is 0 Å². The molecule has 0 amide bonds. The van der Waals surface area contributed by atoms with Crippen LogP contribution in [0.3, 0.4) is 0 Å². The average molecular weight is 326 g/mol. The number of nitrogens with one attached hydrogen (secondary N) is 1. The van der Waals surface area contributed by atoms with Gasteiger partial charge >= 0.3 is 11.9 Å². The van der Waals surface area contributed by atoms with E-state index >= 15 is 0 Å². The largest absolute Gasteiger partial charge is 0.465 e. The number of hydrogen-bond donors (Lipinski definition) is 1. The Morgan fingerprint density at radius 1 is 1.12 bits per heavy atom. The molecule has 1 N–H and O–H groups in total. The number of ether oxygens (including phenoxy) is 2. The zero-order chi connectivity index (χ0) is 17.1. The maximum Gasteiger partial charge on any atom is 0.355 e. The predicted octanol–water partition coefficient (Wildman–Crippen LogP) is 2.14. The SMILES string of the molecule is COC(=O)C1=C(C(=O)OC)N(c2ccc3c(c2)CCN3)C=CC=C1. The van der Waals surface area contributed by atoms with Gasteiger partial charge in [-0.1, -0.05) is 6.08 Å². The van der Waals surface area contributed by atoms with Crippen molar-refractivity contribution in [3.05, 3.63) is 59.5 Å². The summed E-state index contributed by atoms with van der Waals surface area (Å²) in [7, 11) is 2.56. The lowest BCUT2D eigenvalue weighted by atomic mass is 10.1. The molecule has 24 heavy (non-hydrogen) atoms. The summed E-state index contributed by atoms with van der Waals surface area (Å²) in [6.45, 7) is 0.892. The number of rotatable bonds is 3.